The smallest absolute Gasteiger partial charge is 0.147 e. The number of hydrogen-bond donors (Lipinski definition) is 1. The number of benzene rings is 3. The van der Waals surface area contributed by atoms with Crippen LogP contribution in [-0.2, 0) is 12.2 Å². The third kappa shape index (κ3) is 4.97. The van der Waals surface area contributed by atoms with Crippen LogP contribution in [0.3, 0.4) is 0 Å². The molecular weight excluding hydrogens is 553 g/mol. The second-order valence-electron chi connectivity index (χ2n) is 11.1. The van der Waals surface area contributed by atoms with Gasteiger partial charge < -0.3 is 14.4 Å². The highest BCUT2D eigenvalue weighted by molar-refractivity contribution is 6.39. The van der Waals surface area contributed by atoms with Crippen LogP contribution >= 0.6 is 34.8 Å². The summed E-state index contributed by atoms with van der Waals surface area (Å²) in [5.41, 5.74) is 7.06. The van der Waals surface area contributed by atoms with E-state index in [2.05, 4.69) is 38.1 Å². The summed E-state index contributed by atoms with van der Waals surface area (Å²) >= 11 is 19.7. The van der Waals surface area contributed by atoms with Crippen LogP contribution in [0, 0.1) is 20.8 Å². The Morgan fingerprint density at radius 1 is 0.923 bits per heavy atom. The molecule has 0 atom stereocenters. The Hall–Kier alpha value is -2.50. The van der Waals surface area contributed by atoms with Crippen molar-refractivity contribution in [1.29, 1.82) is 0 Å². The molecule has 39 heavy (non-hydrogen) atoms. The van der Waals surface area contributed by atoms with Gasteiger partial charge in [-0.15, -0.1) is 0 Å². The Bertz CT molecular complexity index is 1520. The van der Waals surface area contributed by atoms with E-state index in [9.17, 15) is 5.11 Å². The average molecular weight is 583 g/mol. The molecule has 6 rings (SSSR count). The lowest BCUT2D eigenvalue weighted by Crippen LogP contribution is -2.40. The maximum atomic E-state index is 11.4. The molecule has 4 nitrogen and oxygen atoms in total. The van der Waals surface area contributed by atoms with E-state index in [1.54, 1.807) is 24.3 Å². The Morgan fingerprint density at radius 3 is 2.21 bits per heavy atom. The van der Waals surface area contributed by atoms with Crippen molar-refractivity contribution in [2.24, 2.45) is 0 Å². The summed E-state index contributed by atoms with van der Waals surface area (Å²) in [4.78, 5) is 0. The number of ether oxygens (including phenoxy) is 1. The zero-order chi connectivity index (χ0) is 27.5. The van der Waals surface area contributed by atoms with Crippen LogP contribution in [0.4, 0.5) is 0 Å². The Morgan fingerprint density at radius 2 is 1.59 bits per heavy atom. The molecule has 0 saturated heterocycles. The lowest BCUT2D eigenvalue weighted by Gasteiger charge is -2.45. The molecule has 0 bridgehead atoms. The molecule has 0 aliphatic heterocycles. The van der Waals surface area contributed by atoms with Crippen molar-refractivity contribution in [2.45, 2.75) is 70.5 Å². The molecule has 0 spiro atoms. The van der Waals surface area contributed by atoms with Crippen molar-refractivity contribution < 1.29 is 14.4 Å². The zero-order valence-corrected chi connectivity index (χ0v) is 24.4. The molecule has 2 aliphatic carbocycles. The summed E-state index contributed by atoms with van der Waals surface area (Å²) in [5.74, 6) is 2.07. The molecule has 1 N–H and O–H groups in total. The molecule has 2 fully saturated rings. The third-order valence-electron chi connectivity index (χ3n) is 8.38. The van der Waals surface area contributed by atoms with Gasteiger partial charge in [-0.05, 0) is 98.9 Å². The predicted molar refractivity (Wildman–Crippen MR) is 156 cm³/mol. The van der Waals surface area contributed by atoms with E-state index in [0.717, 1.165) is 29.7 Å². The van der Waals surface area contributed by atoms with Gasteiger partial charge in [-0.2, -0.15) is 0 Å². The summed E-state index contributed by atoms with van der Waals surface area (Å²) < 4.78 is 11.9. The molecule has 4 aromatic rings. The van der Waals surface area contributed by atoms with Crippen molar-refractivity contribution >= 4 is 34.8 Å². The van der Waals surface area contributed by atoms with Crippen LogP contribution in [-0.4, -0.2) is 10.3 Å². The monoisotopic (exact) mass is 581 g/mol. The maximum Gasteiger partial charge on any atom is 0.147 e. The first-order valence-electron chi connectivity index (χ1n) is 13.3. The molecule has 2 aliphatic rings. The van der Waals surface area contributed by atoms with Crippen LogP contribution in [0.2, 0.25) is 15.1 Å². The second-order valence-corrected chi connectivity index (χ2v) is 12.3. The standard InChI is InChI=1S/C32H30Cl3NO3/c1-17-11-21(12-18(2)19(17)3)22-14-32(37,15-22)25-10-9-23(13-28(25)35)38-16-24-30(36-39-31(24)20-7-8-20)29-26(33)5-4-6-27(29)34/h4-6,9-13,20,22,37H,7-8,14-16H2,1-3H3. The summed E-state index contributed by atoms with van der Waals surface area (Å²) in [6.07, 6.45) is 3.39. The highest BCUT2D eigenvalue weighted by atomic mass is 35.5. The topological polar surface area (TPSA) is 55.5 Å². The van der Waals surface area contributed by atoms with Gasteiger partial charge in [-0.3, -0.25) is 0 Å². The van der Waals surface area contributed by atoms with E-state index in [1.165, 1.54) is 22.3 Å². The quantitative estimate of drug-likeness (QED) is 0.236. The van der Waals surface area contributed by atoms with Crippen molar-refractivity contribution in [3.05, 3.63) is 103 Å². The van der Waals surface area contributed by atoms with E-state index >= 15 is 0 Å². The first-order valence-corrected chi connectivity index (χ1v) is 14.4. The number of halogens is 3. The molecule has 7 heteroatoms. The van der Waals surface area contributed by atoms with Gasteiger partial charge in [0.05, 0.1) is 26.2 Å². The molecule has 2 saturated carbocycles. The number of aryl methyl sites for hydroxylation is 2. The van der Waals surface area contributed by atoms with Gasteiger partial charge in [-0.25, -0.2) is 0 Å². The Balaban J connectivity index is 1.20. The normalized spacial score (nSPS) is 20.6. The SMILES string of the molecule is Cc1cc(C2CC(O)(c3ccc(OCc4c(-c5c(Cl)cccc5Cl)noc4C4CC4)cc3Cl)C2)cc(C)c1C. The van der Waals surface area contributed by atoms with E-state index in [4.69, 9.17) is 44.1 Å². The summed E-state index contributed by atoms with van der Waals surface area (Å²) in [6, 6.07) is 15.4. The highest BCUT2D eigenvalue weighted by Gasteiger charge is 2.46. The van der Waals surface area contributed by atoms with Gasteiger partial charge in [0.2, 0.25) is 0 Å². The van der Waals surface area contributed by atoms with Gasteiger partial charge in [0.15, 0.2) is 0 Å². The van der Waals surface area contributed by atoms with E-state index in [-0.39, 0.29) is 6.61 Å². The minimum absolute atomic E-state index is 0.236. The minimum atomic E-state index is -0.950. The van der Waals surface area contributed by atoms with Gasteiger partial charge in [0, 0.05) is 17.0 Å². The molecule has 0 amide bonds. The average Bonchev–Trinajstić information content (AvgIpc) is 3.64. The predicted octanol–water partition coefficient (Wildman–Crippen LogP) is 9.45. The Labute approximate surface area is 243 Å². The van der Waals surface area contributed by atoms with Crippen LogP contribution < -0.4 is 4.74 Å². The fourth-order valence-corrected chi connectivity index (χ4v) is 6.61. The summed E-state index contributed by atoms with van der Waals surface area (Å²) in [5, 5.41) is 17.2. The van der Waals surface area contributed by atoms with E-state index in [1.807, 2.05) is 12.1 Å². The number of rotatable bonds is 7. The fraction of sp³-hybridized carbons (Fsp3) is 0.344. The number of hydrogen-bond acceptors (Lipinski definition) is 4. The Kier molecular flexibility index (Phi) is 6.96. The first-order chi connectivity index (χ1) is 18.6. The van der Waals surface area contributed by atoms with Crippen molar-refractivity contribution in [1.82, 2.24) is 5.16 Å². The van der Waals surface area contributed by atoms with Gasteiger partial charge >= 0.3 is 0 Å². The van der Waals surface area contributed by atoms with Crippen molar-refractivity contribution in [2.75, 3.05) is 0 Å². The molecule has 3 aromatic carbocycles. The van der Waals surface area contributed by atoms with E-state index < -0.39 is 5.60 Å². The molecule has 0 radical (unpaired) electrons. The van der Waals surface area contributed by atoms with Crippen LogP contribution in [0.15, 0.2) is 53.1 Å². The number of nitrogens with zero attached hydrogens (tertiary/aromatic N) is 1. The van der Waals surface area contributed by atoms with Crippen molar-refractivity contribution in [3.63, 3.8) is 0 Å². The molecule has 0 unspecified atom stereocenters. The van der Waals surface area contributed by atoms with Crippen LogP contribution in [0.1, 0.15) is 76.7 Å². The van der Waals surface area contributed by atoms with Gasteiger partial charge in [0.1, 0.15) is 23.8 Å². The summed E-state index contributed by atoms with van der Waals surface area (Å²) in [7, 11) is 0. The second kappa shape index (κ2) is 10.2. The third-order valence-corrected chi connectivity index (χ3v) is 9.32. The minimum Gasteiger partial charge on any atom is -0.489 e. The molecule has 1 aromatic heterocycles. The van der Waals surface area contributed by atoms with Gasteiger partial charge in [-0.1, -0.05) is 64.2 Å². The zero-order valence-electron chi connectivity index (χ0n) is 22.2. The lowest BCUT2D eigenvalue weighted by molar-refractivity contribution is -0.0549. The van der Waals surface area contributed by atoms with Crippen LogP contribution in [0.25, 0.3) is 11.3 Å². The fourth-order valence-electron chi connectivity index (χ4n) is 5.68. The highest BCUT2D eigenvalue weighted by Crippen LogP contribution is 2.53. The number of aliphatic hydroxyl groups is 1. The molecule has 202 valence electrons. The summed E-state index contributed by atoms with van der Waals surface area (Å²) in [6.45, 7) is 6.68. The lowest BCUT2D eigenvalue weighted by atomic mass is 9.64. The largest absolute Gasteiger partial charge is 0.489 e. The van der Waals surface area contributed by atoms with E-state index in [0.29, 0.717) is 56.8 Å². The first kappa shape index (κ1) is 26.7. The molecular formula is C32H30Cl3NO3. The number of aromatic nitrogens is 1. The maximum absolute atomic E-state index is 11.4. The molecule has 1 heterocycles. The van der Waals surface area contributed by atoms with Gasteiger partial charge in [0.25, 0.3) is 0 Å². The van der Waals surface area contributed by atoms with Crippen LogP contribution in [0.5, 0.6) is 5.75 Å². The van der Waals surface area contributed by atoms with Crippen molar-refractivity contribution in [3.8, 4) is 17.0 Å².